The minimum absolute atomic E-state index is 0.567. The standard InChI is InChI=1S/C6H3BrClN3/c7-4-1-9-6-5(8)2-10-11(6)3-4/h1-3H. The largest absolute Gasteiger partial charge is 0.235 e. The smallest absolute Gasteiger partial charge is 0.173 e. The van der Waals surface area contributed by atoms with Crippen molar-refractivity contribution in [3.8, 4) is 0 Å². The van der Waals surface area contributed by atoms with Crippen LogP contribution in [0.2, 0.25) is 5.02 Å². The van der Waals surface area contributed by atoms with E-state index in [0.29, 0.717) is 10.7 Å². The molecule has 0 aliphatic carbocycles. The van der Waals surface area contributed by atoms with Gasteiger partial charge in [-0.15, -0.1) is 0 Å². The van der Waals surface area contributed by atoms with Crippen molar-refractivity contribution in [3.63, 3.8) is 0 Å². The summed E-state index contributed by atoms with van der Waals surface area (Å²) in [5.74, 6) is 0. The summed E-state index contributed by atoms with van der Waals surface area (Å²) in [7, 11) is 0. The molecule has 0 spiro atoms. The van der Waals surface area contributed by atoms with Crippen molar-refractivity contribution >= 4 is 33.2 Å². The molecule has 11 heavy (non-hydrogen) atoms. The molecule has 0 unspecified atom stereocenters. The lowest BCUT2D eigenvalue weighted by Crippen LogP contribution is -1.88. The number of hydrogen-bond acceptors (Lipinski definition) is 2. The molecule has 0 saturated carbocycles. The van der Waals surface area contributed by atoms with E-state index in [1.54, 1.807) is 23.1 Å². The third kappa shape index (κ3) is 1.12. The molecular formula is C6H3BrClN3. The van der Waals surface area contributed by atoms with Gasteiger partial charge in [0.05, 0.1) is 10.7 Å². The van der Waals surface area contributed by atoms with Crippen LogP contribution < -0.4 is 0 Å². The summed E-state index contributed by atoms with van der Waals surface area (Å²) in [6, 6.07) is 0. The van der Waals surface area contributed by atoms with E-state index >= 15 is 0 Å². The molecule has 0 saturated heterocycles. The molecule has 2 heterocycles. The SMILES string of the molecule is Clc1cnn2cc(Br)cnc12. The van der Waals surface area contributed by atoms with Gasteiger partial charge in [-0.3, -0.25) is 0 Å². The molecule has 0 atom stereocenters. The monoisotopic (exact) mass is 231 g/mol. The third-order valence-electron chi connectivity index (χ3n) is 1.28. The van der Waals surface area contributed by atoms with Gasteiger partial charge in [0.25, 0.3) is 0 Å². The van der Waals surface area contributed by atoms with Gasteiger partial charge in [-0.05, 0) is 15.9 Å². The highest BCUT2D eigenvalue weighted by Crippen LogP contribution is 2.15. The van der Waals surface area contributed by atoms with Crippen LogP contribution in [0.3, 0.4) is 0 Å². The Kier molecular flexibility index (Phi) is 1.58. The first-order chi connectivity index (χ1) is 5.27. The van der Waals surface area contributed by atoms with Crippen LogP contribution in [0.4, 0.5) is 0 Å². The predicted octanol–water partition coefficient (Wildman–Crippen LogP) is 2.15. The molecule has 3 nitrogen and oxygen atoms in total. The normalized spacial score (nSPS) is 10.7. The van der Waals surface area contributed by atoms with E-state index in [0.717, 1.165) is 4.47 Å². The number of nitrogens with zero attached hydrogens (tertiary/aromatic N) is 3. The van der Waals surface area contributed by atoms with Gasteiger partial charge in [-0.1, -0.05) is 11.6 Å². The number of halogens is 2. The minimum Gasteiger partial charge on any atom is -0.235 e. The van der Waals surface area contributed by atoms with Crippen molar-refractivity contribution in [2.24, 2.45) is 0 Å². The molecule has 0 aliphatic heterocycles. The Morgan fingerprint density at radius 2 is 2.27 bits per heavy atom. The van der Waals surface area contributed by atoms with Crippen LogP contribution >= 0.6 is 27.5 Å². The fourth-order valence-electron chi connectivity index (χ4n) is 0.823. The molecule has 0 N–H and O–H groups in total. The maximum absolute atomic E-state index is 5.76. The van der Waals surface area contributed by atoms with Crippen molar-refractivity contribution in [1.29, 1.82) is 0 Å². The summed E-state index contributed by atoms with van der Waals surface area (Å²) in [5.41, 5.74) is 0.676. The fourth-order valence-corrected chi connectivity index (χ4v) is 1.30. The lowest BCUT2D eigenvalue weighted by molar-refractivity contribution is 0.933. The third-order valence-corrected chi connectivity index (χ3v) is 1.96. The lowest BCUT2D eigenvalue weighted by atomic mass is 10.6. The Morgan fingerprint density at radius 1 is 1.45 bits per heavy atom. The zero-order chi connectivity index (χ0) is 7.84. The van der Waals surface area contributed by atoms with Gasteiger partial charge in [-0.2, -0.15) is 5.10 Å². The second-order valence-corrected chi connectivity index (χ2v) is 3.36. The van der Waals surface area contributed by atoms with Gasteiger partial charge in [0.2, 0.25) is 0 Å². The molecule has 0 bridgehead atoms. The molecule has 0 amide bonds. The van der Waals surface area contributed by atoms with Crippen molar-refractivity contribution in [1.82, 2.24) is 14.6 Å². The van der Waals surface area contributed by atoms with Crippen LogP contribution in [0, 0.1) is 0 Å². The number of fused-ring (bicyclic) bond motifs is 1. The van der Waals surface area contributed by atoms with Gasteiger partial charge in [0.15, 0.2) is 5.65 Å². The molecule has 0 aromatic carbocycles. The Bertz CT molecular complexity index is 398. The average molecular weight is 232 g/mol. The first-order valence-electron chi connectivity index (χ1n) is 2.92. The highest BCUT2D eigenvalue weighted by atomic mass is 79.9. The van der Waals surface area contributed by atoms with Gasteiger partial charge in [0.1, 0.15) is 5.02 Å². The number of hydrogen-bond donors (Lipinski definition) is 0. The summed E-state index contributed by atoms with van der Waals surface area (Å²) in [4.78, 5) is 4.06. The lowest BCUT2D eigenvalue weighted by Gasteiger charge is -1.91. The topological polar surface area (TPSA) is 30.2 Å². The van der Waals surface area contributed by atoms with E-state index < -0.39 is 0 Å². The summed E-state index contributed by atoms with van der Waals surface area (Å²) in [6.07, 6.45) is 5.05. The van der Waals surface area contributed by atoms with Crippen LogP contribution in [-0.4, -0.2) is 14.6 Å². The molecule has 2 aromatic heterocycles. The number of aromatic nitrogens is 3. The molecule has 2 aromatic rings. The van der Waals surface area contributed by atoms with Crippen molar-refractivity contribution in [2.45, 2.75) is 0 Å². The predicted molar refractivity (Wildman–Crippen MR) is 45.7 cm³/mol. The first-order valence-corrected chi connectivity index (χ1v) is 4.09. The molecule has 0 aliphatic rings. The summed E-state index contributed by atoms with van der Waals surface area (Å²) >= 11 is 9.04. The van der Waals surface area contributed by atoms with Crippen molar-refractivity contribution < 1.29 is 0 Å². The van der Waals surface area contributed by atoms with Crippen LogP contribution in [0.25, 0.3) is 5.65 Å². The Balaban J connectivity index is 2.86. The average Bonchev–Trinajstić information content (AvgIpc) is 2.32. The van der Waals surface area contributed by atoms with E-state index in [1.165, 1.54) is 0 Å². The maximum atomic E-state index is 5.76. The fraction of sp³-hybridized carbons (Fsp3) is 0. The highest BCUT2D eigenvalue weighted by Gasteiger charge is 2.01. The van der Waals surface area contributed by atoms with E-state index in [1.807, 2.05) is 0 Å². The molecule has 0 radical (unpaired) electrons. The Hall–Kier alpha value is -0.610. The maximum Gasteiger partial charge on any atom is 0.173 e. The van der Waals surface area contributed by atoms with E-state index in [2.05, 4.69) is 26.0 Å². The van der Waals surface area contributed by atoms with Crippen molar-refractivity contribution in [3.05, 3.63) is 28.1 Å². The summed E-state index contributed by atoms with van der Waals surface area (Å²) in [5, 5.41) is 4.54. The zero-order valence-electron chi connectivity index (χ0n) is 5.33. The molecule has 2 rings (SSSR count). The van der Waals surface area contributed by atoms with Gasteiger partial charge >= 0.3 is 0 Å². The van der Waals surface area contributed by atoms with E-state index in [4.69, 9.17) is 11.6 Å². The first kappa shape index (κ1) is 7.06. The molecular weight excluding hydrogens is 229 g/mol. The Labute approximate surface area is 76.1 Å². The van der Waals surface area contributed by atoms with E-state index in [-0.39, 0.29) is 0 Å². The quantitative estimate of drug-likeness (QED) is 0.697. The van der Waals surface area contributed by atoms with Crippen molar-refractivity contribution in [2.75, 3.05) is 0 Å². The summed E-state index contributed by atoms with van der Waals surface area (Å²) < 4.78 is 2.50. The highest BCUT2D eigenvalue weighted by molar-refractivity contribution is 9.10. The van der Waals surface area contributed by atoms with Crippen LogP contribution in [0.1, 0.15) is 0 Å². The van der Waals surface area contributed by atoms with E-state index in [9.17, 15) is 0 Å². The van der Waals surface area contributed by atoms with Gasteiger partial charge in [0, 0.05) is 12.4 Å². The zero-order valence-corrected chi connectivity index (χ0v) is 7.67. The van der Waals surface area contributed by atoms with Gasteiger partial charge < -0.3 is 0 Å². The molecule has 5 heteroatoms. The second-order valence-electron chi connectivity index (χ2n) is 2.03. The summed E-state index contributed by atoms with van der Waals surface area (Å²) in [6.45, 7) is 0. The second kappa shape index (κ2) is 2.46. The molecule has 56 valence electrons. The van der Waals surface area contributed by atoms with Gasteiger partial charge in [-0.25, -0.2) is 9.50 Å². The number of rotatable bonds is 0. The minimum atomic E-state index is 0.567. The Morgan fingerprint density at radius 3 is 3.09 bits per heavy atom. The molecule has 0 fully saturated rings. The van der Waals surface area contributed by atoms with Crippen LogP contribution in [0.5, 0.6) is 0 Å². The van der Waals surface area contributed by atoms with Crippen LogP contribution in [-0.2, 0) is 0 Å². The van der Waals surface area contributed by atoms with Crippen LogP contribution in [0.15, 0.2) is 23.1 Å².